The summed E-state index contributed by atoms with van der Waals surface area (Å²) in [4.78, 5) is 38.1. The molecule has 152 valence electrons. The normalized spacial score (nSPS) is 26.8. The first-order valence-corrected chi connectivity index (χ1v) is 10.0. The molecule has 29 heavy (non-hydrogen) atoms. The highest BCUT2D eigenvalue weighted by Gasteiger charge is 2.43. The Morgan fingerprint density at radius 1 is 1.24 bits per heavy atom. The van der Waals surface area contributed by atoms with Gasteiger partial charge in [0.1, 0.15) is 0 Å². The molecule has 5 rings (SSSR count). The molecule has 3 atom stereocenters. The summed E-state index contributed by atoms with van der Waals surface area (Å²) in [5.41, 5.74) is 1.71. The van der Waals surface area contributed by atoms with Gasteiger partial charge >= 0.3 is 12.1 Å². The van der Waals surface area contributed by atoms with Crippen molar-refractivity contribution in [3.05, 3.63) is 23.8 Å². The van der Waals surface area contributed by atoms with E-state index in [0.29, 0.717) is 17.3 Å². The Hall–Kier alpha value is -3.10. The Morgan fingerprint density at radius 3 is 2.69 bits per heavy atom. The highest BCUT2D eigenvalue weighted by Crippen LogP contribution is 2.40. The lowest BCUT2D eigenvalue weighted by Crippen LogP contribution is -2.49. The molecule has 4 amide bonds. The average Bonchev–Trinajstić information content (AvgIpc) is 3.20. The molecule has 3 fully saturated rings. The van der Waals surface area contributed by atoms with Crippen LogP contribution in [0, 0.1) is 5.92 Å². The minimum Gasteiger partial charge on any atom is -0.465 e. The second-order valence-electron chi connectivity index (χ2n) is 8.21. The van der Waals surface area contributed by atoms with Crippen molar-refractivity contribution in [1.82, 2.24) is 15.4 Å². The van der Waals surface area contributed by atoms with Crippen molar-refractivity contribution < 1.29 is 24.0 Å². The van der Waals surface area contributed by atoms with Crippen LogP contribution in [-0.2, 0) is 11.2 Å². The number of anilines is 1. The largest absolute Gasteiger partial charge is 0.465 e. The highest BCUT2D eigenvalue weighted by molar-refractivity contribution is 6.08. The summed E-state index contributed by atoms with van der Waals surface area (Å²) in [6.07, 6.45) is 3.94. The van der Waals surface area contributed by atoms with Crippen molar-refractivity contribution in [3.63, 3.8) is 0 Å². The summed E-state index contributed by atoms with van der Waals surface area (Å²) in [6, 6.07) is 5.62. The number of hydrogen-bond donors (Lipinski definition) is 2. The number of imide groups is 1. The standard InChI is InChI=1S/C20H22N4O5/c25-17-5-6-23(19(26)21-17)18-15-10-11(1-4-16(15)29-22-18)7-12-8-13-2-3-14(9-12)24(13)20(27)28/h1,4,10,12-14H,2-3,5-9H2,(H,27,28)(H,21,25,26)/t12?,13-,14+. The molecule has 2 bridgehead atoms. The van der Waals surface area contributed by atoms with Crippen LogP contribution in [0.5, 0.6) is 0 Å². The van der Waals surface area contributed by atoms with E-state index in [-0.39, 0.29) is 31.0 Å². The molecule has 2 aromatic rings. The molecule has 9 nitrogen and oxygen atoms in total. The van der Waals surface area contributed by atoms with Crippen LogP contribution in [0.1, 0.15) is 37.7 Å². The lowest BCUT2D eigenvalue weighted by molar-refractivity contribution is -0.120. The molecule has 3 saturated heterocycles. The van der Waals surface area contributed by atoms with Crippen LogP contribution in [0.3, 0.4) is 0 Å². The summed E-state index contributed by atoms with van der Waals surface area (Å²) >= 11 is 0. The van der Waals surface area contributed by atoms with Crippen molar-refractivity contribution >= 4 is 34.8 Å². The Labute approximate surface area is 166 Å². The van der Waals surface area contributed by atoms with Gasteiger partial charge in [-0.05, 0) is 55.7 Å². The lowest BCUT2D eigenvalue weighted by atomic mass is 9.86. The van der Waals surface area contributed by atoms with E-state index in [1.165, 1.54) is 4.90 Å². The first-order chi connectivity index (χ1) is 14.0. The van der Waals surface area contributed by atoms with Gasteiger partial charge < -0.3 is 14.5 Å². The van der Waals surface area contributed by atoms with Crippen LogP contribution >= 0.6 is 0 Å². The van der Waals surface area contributed by atoms with E-state index in [4.69, 9.17) is 4.52 Å². The average molecular weight is 398 g/mol. The molecule has 1 aromatic heterocycles. The molecule has 0 aliphatic carbocycles. The Kier molecular flexibility index (Phi) is 4.18. The molecular formula is C20H22N4O5. The number of benzene rings is 1. The fraction of sp³-hybridized carbons (Fsp3) is 0.500. The number of fused-ring (bicyclic) bond motifs is 3. The van der Waals surface area contributed by atoms with Gasteiger partial charge in [0, 0.05) is 25.0 Å². The third kappa shape index (κ3) is 3.10. The molecule has 3 aliphatic heterocycles. The number of aromatic nitrogens is 1. The molecule has 0 saturated carbocycles. The summed E-state index contributed by atoms with van der Waals surface area (Å²) in [7, 11) is 0. The zero-order chi connectivity index (χ0) is 20.1. The number of nitrogens with one attached hydrogen (secondary N) is 1. The van der Waals surface area contributed by atoms with E-state index in [2.05, 4.69) is 10.5 Å². The maximum Gasteiger partial charge on any atom is 0.407 e. The van der Waals surface area contributed by atoms with Crippen molar-refractivity contribution in [1.29, 1.82) is 0 Å². The van der Waals surface area contributed by atoms with Gasteiger partial charge in [0.2, 0.25) is 5.91 Å². The number of nitrogens with zero attached hydrogens (tertiary/aromatic N) is 3. The monoisotopic (exact) mass is 398 g/mol. The second-order valence-corrected chi connectivity index (χ2v) is 8.21. The number of rotatable bonds is 3. The predicted octanol–water partition coefficient (Wildman–Crippen LogP) is 2.74. The fourth-order valence-electron chi connectivity index (χ4n) is 5.16. The van der Waals surface area contributed by atoms with E-state index >= 15 is 0 Å². The van der Waals surface area contributed by atoms with Crippen molar-refractivity contribution in [2.24, 2.45) is 5.92 Å². The molecule has 1 unspecified atom stereocenters. The zero-order valence-electron chi connectivity index (χ0n) is 15.8. The number of amides is 4. The molecule has 3 aliphatic rings. The fourth-order valence-corrected chi connectivity index (χ4v) is 5.16. The van der Waals surface area contributed by atoms with Crippen molar-refractivity contribution in [3.8, 4) is 0 Å². The maximum atomic E-state index is 12.2. The van der Waals surface area contributed by atoms with E-state index in [1.54, 1.807) is 4.90 Å². The molecule has 0 spiro atoms. The smallest absolute Gasteiger partial charge is 0.407 e. The third-order valence-electron chi connectivity index (χ3n) is 6.40. The number of urea groups is 1. The Balaban J connectivity index is 1.36. The van der Waals surface area contributed by atoms with Gasteiger partial charge in [-0.15, -0.1) is 0 Å². The van der Waals surface area contributed by atoms with Gasteiger partial charge in [0.05, 0.1) is 5.39 Å². The maximum absolute atomic E-state index is 12.2. The first kappa shape index (κ1) is 18.0. The third-order valence-corrected chi connectivity index (χ3v) is 6.40. The number of hydrogen-bond acceptors (Lipinski definition) is 5. The number of carbonyl (C=O) groups excluding carboxylic acids is 2. The van der Waals surface area contributed by atoms with Gasteiger partial charge in [-0.3, -0.25) is 15.0 Å². The molecular weight excluding hydrogens is 376 g/mol. The van der Waals surface area contributed by atoms with E-state index < -0.39 is 12.1 Å². The van der Waals surface area contributed by atoms with Crippen LogP contribution in [0.2, 0.25) is 0 Å². The van der Waals surface area contributed by atoms with E-state index in [9.17, 15) is 19.5 Å². The van der Waals surface area contributed by atoms with Crippen LogP contribution in [0.4, 0.5) is 15.4 Å². The molecule has 0 radical (unpaired) electrons. The topological polar surface area (TPSA) is 116 Å². The minimum atomic E-state index is -0.801. The highest BCUT2D eigenvalue weighted by atomic mass is 16.5. The summed E-state index contributed by atoms with van der Waals surface area (Å²) in [5.74, 6) is 0.564. The lowest BCUT2D eigenvalue weighted by Gasteiger charge is -2.37. The Bertz CT molecular complexity index is 988. The van der Waals surface area contributed by atoms with Crippen LogP contribution < -0.4 is 10.2 Å². The van der Waals surface area contributed by atoms with Crippen molar-refractivity contribution in [2.75, 3.05) is 11.4 Å². The van der Waals surface area contributed by atoms with Crippen LogP contribution in [0.25, 0.3) is 11.0 Å². The molecule has 2 N–H and O–H groups in total. The quantitative estimate of drug-likeness (QED) is 0.821. The van der Waals surface area contributed by atoms with Gasteiger partial charge in [-0.25, -0.2) is 9.59 Å². The number of carboxylic acid groups (broad SMARTS) is 1. The number of carbonyl (C=O) groups is 3. The molecule has 4 heterocycles. The molecule has 1 aromatic carbocycles. The minimum absolute atomic E-state index is 0.126. The number of piperidine rings is 1. The van der Waals surface area contributed by atoms with E-state index in [0.717, 1.165) is 43.1 Å². The molecule has 9 heteroatoms. The first-order valence-electron chi connectivity index (χ1n) is 10.0. The SMILES string of the molecule is O=C1CCN(c2noc3ccc(CC4C[C@H]5CC[C@@H](C4)N5C(=O)O)cc23)C(=O)N1. The van der Waals surface area contributed by atoms with Gasteiger partial charge in [-0.2, -0.15) is 0 Å². The summed E-state index contributed by atoms with van der Waals surface area (Å²) in [6.45, 7) is 0.271. The van der Waals surface area contributed by atoms with Crippen LogP contribution in [-0.4, -0.2) is 51.8 Å². The van der Waals surface area contributed by atoms with Gasteiger partial charge in [0.25, 0.3) is 0 Å². The van der Waals surface area contributed by atoms with E-state index in [1.807, 2.05) is 18.2 Å². The van der Waals surface area contributed by atoms with Crippen molar-refractivity contribution in [2.45, 2.75) is 50.6 Å². The predicted molar refractivity (Wildman–Crippen MR) is 103 cm³/mol. The Morgan fingerprint density at radius 2 is 2.00 bits per heavy atom. The van der Waals surface area contributed by atoms with Gasteiger partial charge in [-0.1, -0.05) is 11.2 Å². The second kappa shape index (κ2) is 6.75. The summed E-state index contributed by atoms with van der Waals surface area (Å²) in [5, 5.41) is 16.5. The van der Waals surface area contributed by atoms with Gasteiger partial charge in [0.15, 0.2) is 11.4 Å². The summed E-state index contributed by atoms with van der Waals surface area (Å²) < 4.78 is 5.38. The van der Waals surface area contributed by atoms with Crippen LogP contribution in [0.15, 0.2) is 22.7 Å². The zero-order valence-corrected chi connectivity index (χ0v) is 15.8.